The molecule has 2 aliphatic rings. The average Bonchev–Trinajstić information content (AvgIpc) is 2.98. The van der Waals surface area contributed by atoms with Crippen molar-refractivity contribution in [2.45, 2.75) is 31.5 Å². The third kappa shape index (κ3) is 3.09. The van der Waals surface area contributed by atoms with Gasteiger partial charge in [0.1, 0.15) is 12.5 Å². The summed E-state index contributed by atoms with van der Waals surface area (Å²) in [6, 6.07) is 18.1. The van der Waals surface area contributed by atoms with Gasteiger partial charge in [-0.3, -0.25) is 0 Å². The molecule has 1 spiro atoms. The maximum atomic E-state index is 13.6. The third-order valence-electron chi connectivity index (χ3n) is 6.74. The van der Waals surface area contributed by atoms with Crippen LogP contribution in [0.5, 0.6) is 11.5 Å². The molecule has 0 aromatic heterocycles. The highest BCUT2D eigenvalue weighted by molar-refractivity contribution is 5.75. The first-order valence-corrected chi connectivity index (χ1v) is 10.8. The number of fused-ring (bicyclic) bond motifs is 2. The van der Waals surface area contributed by atoms with Crippen molar-refractivity contribution in [3.05, 3.63) is 94.5 Å². The van der Waals surface area contributed by atoms with Crippen LogP contribution in [0.25, 0.3) is 6.08 Å². The van der Waals surface area contributed by atoms with Gasteiger partial charge in [0, 0.05) is 23.9 Å². The van der Waals surface area contributed by atoms with Gasteiger partial charge >= 0.3 is 0 Å². The second-order valence-electron chi connectivity index (χ2n) is 8.93. The van der Waals surface area contributed by atoms with Gasteiger partial charge in [-0.25, -0.2) is 4.39 Å². The van der Waals surface area contributed by atoms with E-state index in [1.54, 1.807) is 31.4 Å². The summed E-state index contributed by atoms with van der Waals surface area (Å²) < 4.78 is 26.6. The molecule has 2 aliphatic heterocycles. The molecule has 6 heteroatoms. The Kier molecular flexibility index (Phi) is 4.71. The molecule has 0 saturated heterocycles. The molecule has 0 aliphatic carbocycles. The summed E-state index contributed by atoms with van der Waals surface area (Å²) in [6.45, 7) is 8.27. The predicted molar refractivity (Wildman–Crippen MR) is 128 cm³/mol. The van der Waals surface area contributed by atoms with Crippen molar-refractivity contribution in [1.82, 2.24) is 0 Å². The monoisotopic (exact) mass is 444 g/mol. The van der Waals surface area contributed by atoms with Crippen molar-refractivity contribution in [2.75, 3.05) is 12.0 Å². The molecule has 0 amide bonds. The Bertz CT molecular complexity index is 1280. The Labute approximate surface area is 192 Å². The Balaban J connectivity index is 1.68. The number of para-hydroxylation sites is 1. The second-order valence-corrected chi connectivity index (χ2v) is 8.93. The molecule has 3 aromatic rings. The van der Waals surface area contributed by atoms with E-state index in [2.05, 4.69) is 37.6 Å². The first kappa shape index (κ1) is 21.1. The average molecular weight is 445 g/mol. The second kappa shape index (κ2) is 7.37. The number of nitrogens with zero attached hydrogens (tertiary/aromatic N) is 2. The summed E-state index contributed by atoms with van der Waals surface area (Å²) in [5.41, 5.74) is 3.00. The van der Waals surface area contributed by atoms with Crippen LogP contribution in [-0.4, -0.2) is 24.3 Å². The van der Waals surface area contributed by atoms with Crippen molar-refractivity contribution in [3.8, 4) is 11.5 Å². The number of hydrogen-bond donors (Lipinski definition) is 0. The van der Waals surface area contributed by atoms with Crippen LogP contribution in [0.1, 0.15) is 30.5 Å². The molecule has 3 aromatic carbocycles. The number of benzene rings is 3. The smallest absolute Gasteiger partial charge is 0.220 e. The first-order valence-electron chi connectivity index (χ1n) is 10.8. The molecular formula is C27H25FN2O3. The molecule has 1 unspecified atom stereocenters. The van der Waals surface area contributed by atoms with Crippen LogP contribution in [0.2, 0.25) is 0 Å². The number of rotatable bonds is 4. The highest BCUT2D eigenvalue weighted by Gasteiger charge is 2.59. The first-order chi connectivity index (χ1) is 15.8. The normalized spacial score (nSPS) is 19.7. The number of hydrogen-bond acceptors (Lipinski definition) is 4. The van der Waals surface area contributed by atoms with Crippen LogP contribution in [0.3, 0.4) is 0 Å². The lowest BCUT2D eigenvalue weighted by molar-refractivity contribution is -0.350. The molecule has 0 radical (unpaired) electrons. The van der Waals surface area contributed by atoms with Crippen molar-refractivity contribution in [3.63, 3.8) is 0 Å². The molecule has 0 saturated carbocycles. The van der Waals surface area contributed by atoms with E-state index in [1.165, 1.54) is 12.1 Å². The number of methoxy groups -OCH3 is 1. The van der Waals surface area contributed by atoms with E-state index in [9.17, 15) is 9.60 Å². The van der Waals surface area contributed by atoms with E-state index >= 15 is 0 Å². The van der Waals surface area contributed by atoms with Gasteiger partial charge in [-0.15, -0.1) is 0 Å². The van der Waals surface area contributed by atoms with E-state index in [-0.39, 0.29) is 5.82 Å². The molecule has 5 rings (SSSR count). The number of halogens is 1. The lowest BCUT2D eigenvalue weighted by Gasteiger charge is -2.47. The van der Waals surface area contributed by atoms with Crippen molar-refractivity contribution in [1.29, 1.82) is 0 Å². The minimum Gasteiger partial charge on any atom is -0.619 e. The third-order valence-corrected chi connectivity index (χ3v) is 6.74. The molecule has 0 N–H and O–H groups in total. The van der Waals surface area contributed by atoms with Crippen molar-refractivity contribution in [2.24, 2.45) is 0 Å². The van der Waals surface area contributed by atoms with Crippen LogP contribution >= 0.6 is 0 Å². The van der Waals surface area contributed by atoms with Gasteiger partial charge in [-0.1, -0.05) is 30.3 Å². The maximum absolute atomic E-state index is 13.6. The van der Waals surface area contributed by atoms with Gasteiger partial charge in [-0.2, -0.15) is 4.74 Å². The van der Waals surface area contributed by atoms with Crippen LogP contribution in [0.4, 0.5) is 15.8 Å². The van der Waals surface area contributed by atoms with E-state index in [0.717, 1.165) is 22.4 Å². The van der Waals surface area contributed by atoms with Gasteiger partial charge in [0.05, 0.1) is 18.6 Å². The predicted octanol–water partition coefficient (Wildman–Crippen LogP) is 5.78. The van der Waals surface area contributed by atoms with Crippen molar-refractivity contribution >= 4 is 24.2 Å². The largest absolute Gasteiger partial charge is 0.619 e. The zero-order valence-corrected chi connectivity index (χ0v) is 18.8. The fourth-order valence-corrected chi connectivity index (χ4v) is 4.93. The molecular weight excluding hydrogens is 419 g/mol. The van der Waals surface area contributed by atoms with Crippen LogP contribution in [0, 0.1) is 11.0 Å². The topological polar surface area (TPSA) is 47.8 Å². The minimum absolute atomic E-state index is 0.267. The lowest BCUT2D eigenvalue weighted by atomic mass is 9.76. The van der Waals surface area contributed by atoms with E-state index in [0.29, 0.717) is 28.5 Å². The Morgan fingerprint density at radius 2 is 1.85 bits per heavy atom. The Morgan fingerprint density at radius 3 is 2.55 bits per heavy atom. The summed E-state index contributed by atoms with van der Waals surface area (Å²) in [5.74, 6) is 0.761. The summed E-state index contributed by atoms with van der Waals surface area (Å²) in [6.07, 6.45) is 4.01. The van der Waals surface area contributed by atoms with Gasteiger partial charge in [0.2, 0.25) is 11.4 Å². The SMILES string of the molecule is C=[N+]([O-])c1cc2c(c(OC)c1)OC1(C=C2)N(Cc2ccc(F)cc2)c2ccccc2C1(C)C. The van der Waals surface area contributed by atoms with Gasteiger partial charge in [0.15, 0.2) is 11.5 Å². The number of ether oxygens (including phenoxy) is 2. The van der Waals surface area contributed by atoms with Gasteiger partial charge < -0.3 is 19.6 Å². The molecule has 2 heterocycles. The highest BCUT2D eigenvalue weighted by atomic mass is 19.1. The fourth-order valence-electron chi connectivity index (χ4n) is 4.93. The summed E-state index contributed by atoms with van der Waals surface area (Å²) in [5, 5.41) is 11.8. The Hall–Kier alpha value is -3.80. The maximum Gasteiger partial charge on any atom is 0.220 e. The molecule has 1 atom stereocenters. The zero-order valence-electron chi connectivity index (χ0n) is 18.8. The summed E-state index contributed by atoms with van der Waals surface area (Å²) >= 11 is 0. The molecule has 0 fully saturated rings. The quantitative estimate of drug-likeness (QED) is 0.222. The number of anilines is 1. The molecule has 0 bridgehead atoms. The summed E-state index contributed by atoms with van der Waals surface area (Å²) in [4.78, 5) is 2.21. The standard InChI is InChI=1S/C27H25FN2O3/c1-26(2)22-7-5-6-8-23(22)30(17-18-9-11-20(28)12-10-18)27(26)14-13-19-15-21(29(3)31)16-24(32-4)25(19)33-27/h5-16H,3,17H2,1-2,4H3. The van der Waals surface area contributed by atoms with E-state index in [1.807, 2.05) is 24.3 Å². The molecule has 33 heavy (non-hydrogen) atoms. The lowest BCUT2D eigenvalue weighted by Crippen LogP contribution is -2.59. The molecule has 5 nitrogen and oxygen atoms in total. The van der Waals surface area contributed by atoms with Crippen LogP contribution in [-0.2, 0) is 12.0 Å². The van der Waals surface area contributed by atoms with Crippen LogP contribution < -0.4 is 14.4 Å². The Morgan fingerprint density at radius 1 is 1.12 bits per heavy atom. The van der Waals surface area contributed by atoms with Gasteiger partial charge in [0.25, 0.3) is 0 Å². The summed E-state index contributed by atoms with van der Waals surface area (Å²) in [7, 11) is 1.55. The van der Waals surface area contributed by atoms with E-state index < -0.39 is 11.1 Å². The highest BCUT2D eigenvalue weighted by Crippen LogP contribution is 2.56. The van der Waals surface area contributed by atoms with Crippen molar-refractivity contribution < 1.29 is 18.6 Å². The zero-order chi connectivity index (χ0) is 23.4. The fraction of sp³-hybridized carbons (Fsp3) is 0.222. The molecule has 168 valence electrons. The minimum atomic E-state index is -0.867. The van der Waals surface area contributed by atoms with Gasteiger partial charge in [-0.05, 0) is 55.3 Å². The van der Waals surface area contributed by atoms with Crippen LogP contribution in [0.15, 0.2) is 66.7 Å². The van der Waals surface area contributed by atoms with E-state index in [4.69, 9.17) is 9.47 Å².